The highest BCUT2D eigenvalue weighted by molar-refractivity contribution is 7.80. The van der Waals surface area contributed by atoms with Crippen LogP contribution >= 0.6 is 12.6 Å². The summed E-state index contributed by atoms with van der Waals surface area (Å²) in [5, 5.41) is 0. The van der Waals surface area contributed by atoms with E-state index in [9.17, 15) is 4.39 Å². The van der Waals surface area contributed by atoms with Crippen molar-refractivity contribution < 1.29 is 4.39 Å². The van der Waals surface area contributed by atoms with Gasteiger partial charge in [0.2, 0.25) is 0 Å². The quantitative estimate of drug-likeness (QED) is 0.648. The van der Waals surface area contributed by atoms with Crippen LogP contribution in [0.4, 0.5) is 4.39 Å². The van der Waals surface area contributed by atoms with Crippen molar-refractivity contribution in [1.82, 2.24) is 0 Å². The van der Waals surface area contributed by atoms with E-state index in [-0.39, 0.29) is 5.82 Å². The van der Waals surface area contributed by atoms with Gasteiger partial charge in [-0.05, 0) is 24.1 Å². The van der Waals surface area contributed by atoms with Crippen LogP contribution in [0.1, 0.15) is 18.9 Å². The SMILES string of the molecule is CCCc1ccc(S)c(F)c1. The third kappa shape index (κ3) is 2.22. The maximum atomic E-state index is 12.8. The van der Waals surface area contributed by atoms with Crippen molar-refractivity contribution in [2.45, 2.75) is 24.7 Å². The third-order valence-electron chi connectivity index (χ3n) is 1.55. The van der Waals surface area contributed by atoms with Crippen molar-refractivity contribution in [2.75, 3.05) is 0 Å². The van der Waals surface area contributed by atoms with Gasteiger partial charge in [-0.3, -0.25) is 0 Å². The summed E-state index contributed by atoms with van der Waals surface area (Å²) < 4.78 is 12.8. The van der Waals surface area contributed by atoms with E-state index in [2.05, 4.69) is 19.6 Å². The molecule has 1 rings (SSSR count). The molecule has 0 saturated heterocycles. The zero-order valence-electron chi connectivity index (χ0n) is 6.47. The first-order valence-electron chi connectivity index (χ1n) is 3.71. The molecule has 1 aromatic rings. The molecule has 0 aliphatic heterocycles. The van der Waals surface area contributed by atoms with Crippen LogP contribution in [0.2, 0.25) is 0 Å². The first kappa shape index (κ1) is 8.60. The molecule has 60 valence electrons. The van der Waals surface area contributed by atoms with Gasteiger partial charge in [0.15, 0.2) is 0 Å². The van der Waals surface area contributed by atoms with E-state index in [4.69, 9.17) is 0 Å². The van der Waals surface area contributed by atoms with Crippen LogP contribution in [-0.2, 0) is 6.42 Å². The third-order valence-corrected chi connectivity index (χ3v) is 1.91. The minimum absolute atomic E-state index is 0.223. The number of benzene rings is 1. The minimum Gasteiger partial charge on any atom is -0.206 e. The van der Waals surface area contributed by atoms with Gasteiger partial charge in [-0.25, -0.2) is 4.39 Å². The summed E-state index contributed by atoms with van der Waals surface area (Å²) >= 11 is 3.94. The lowest BCUT2D eigenvalue weighted by Gasteiger charge is -1.99. The van der Waals surface area contributed by atoms with Crippen LogP contribution in [-0.4, -0.2) is 0 Å². The van der Waals surface area contributed by atoms with Crippen LogP contribution < -0.4 is 0 Å². The van der Waals surface area contributed by atoms with Crippen LogP contribution in [0.5, 0.6) is 0 Å². The fraction of sp³-hybridized carbons (Fsp3) is 0.333. The molecule has 0 aliphatic rings. The Morgan fingerprint density at radius 3 is 2.73 bits per heavy atom. The molecule has 0 fully saturated rings. The van der Waals surface area contributed by atoms with Gasteiger partial charge >= 0.3 is 0 Å². The van der Waals surface area contributed by atoms with E-state index in [1.54, 1.807) is 12.1 Å². The number of hydrogen-bond acceptors (Lipinski definition) is 1. The summed E-state index contributed by atoms with van der Waals surface area (Å²) in [6, 6.07) is 5.16. The monoisotopic (exact) mass is 170 g/mol. The average Bonchev–Trinajstić information content (AvgIpc) is 1.98. The fourth-order valence-corrected chi connectivity index (χ4v) is 1.13. The lowest BCUT2D eigenvalue weighted by Crippen LogP contribution is -1.85. The number of hydrogen-bond donors (Lipinski definition) is 1. The standard InChI is InChI=1S/C9H11FS/c1-2-3-7-4-5-9(11)8(10)6-7/h4-6,11H,2-3H2,1H3. The molecule has 0 bridgehead atoms. The van der Waals surface area contributed by atoms with Crippen LogP contribution in [0.3, 0.4) is 0 Å². The normalized spacial score (nSPS) is 10.1. The lowest BCUT2D eigenvalue weighted by molar-refractivity contribution is 0.600. The maximum Gasteiger partial charge on any atom is 0.136 e. The van der Waals surface area contributed by atoms with Gasteiger partial charge in [-0.15, -0.1) is 12.6 Å². The highest BCUT2D eigenvalue weighted by atomic mass is 32.1. The summed E-state index contributed by atoms with van der Waals surface area (Å²) in [4.78, 5) is 0.421. The molecule has 0 aromatic heterocycles. The molecule has 0 nitrogen and oxygen atoms in total. The molecule has 0 amide bonds. The topological polar surface area (TPSA) is 0 Å². The molecule has 11 heavy (non-hydrogen) atoms. The summed E-state index contributed by atoms with van der Waals surface area (Å²) in [5.74, 6) is -0.223. The van der Waals surface area contributed by atoms with Gasteiger partial charge in [0.1, 0.15) is 5.82 Å². The number of aryl methyl sites for hydroxylation is 1. The van der Waals surface area contributed by atoms with Gasteiger partial charge < -0.3 is 0 Å². The van der Waals surface area contributed by atoms with Crippen LogP contribution in [0, 0.1) is 5.82 Å². The second-order valence-electron chi connectivity index (χ2n) is 2.54. The zero-order chi connectivity index (χ0) is 8.27. The zero-order valence-corrected chi connectivity index (χ0v) is 7.37. The van der Waals surface area contributed by atoms with E-state index in [0.29, 0.717) is 4.90 Å². The van der Waals surface area contributed by atoms with Crippen molar-refractivity contribution >= 4 is 12.6 Å². The van der Waals surface area contributed by atoms with E-state index < -0.39 is 0 Å². The lowest BCUT2D eigenvalue weighted by atomic mass is 10.1. The Morgan fingerprint density at radius 2 is 2.18 bits per heavy atom. The van der Waals surface area contributed by atoms with Crippen molar-refractivity contribution in [3.63, 3.8) is 0 Å². The van der Waals surface area contributed by atoms with E-state index in [1.165, 1.54) is 0 Å². The van der Waals surface area contributed by atoms with Crippen molar-refractivity contribution in [1.29, 1.82) is 0 Å². The predicted molar refractivity (Wildman–Crippen MR) is 47.6 cm³/mol. The van der Waals surface area contributed by atoms with Crippen LogP contribution in [0.15, 0.2) is 23.1 Å². The Morgan fingerprint density at radius 1 is 1.45 bits per heavy atom. The predicted octanol–water partition coefficient (Wildman–Crippen LogP) is 3.07. The van der Waals surface area contributed by atoms with Gasteiger partial charge in [-0.2, -0.15) is 0 Å². The van der Waals surface area contributed by atoms with Gasteiger partial charge in [0.05, 0.1) is 0 Å². The Kier molecular flexibility index (Phi) is 2.94. The van der Waals surface area contributed by atoms with Crippen molar-refractivity contribution in [2.24, 2.45) is 0 Å². The summed E-state index contributed by atoms with van der Waals surface area (Å²) in [6.07, 6.45) is 1.98. The second-order valence-corrected chi connectivity index (χ2v) is 3.02. The molecule has 0 heterocycles. The summed E-state index contributed by atoms with van der Waals surface area (Å²) in [7, 11) is 0. The molecule has 0 N–H and O–H groups in total. The summed E-state index contributed by atoms with van der Waals surface area (Å²) in [5.41, 5.74) is 1.04. The van der Waals surface area contributed by atoms with Crippen molar-refractivity contribution in [3.05, 3.63) is 29.6 Å². The first-order valence-corrected chi connectivity index (χ1v) is 4.16. The van der Waals surface area contributed by atoms with E-state index in [1.807, 2.05) is 6.07 Å². The molecule has 0 aliphatic carbocycles. The molecular formula is C9H11FS. The number of thiol groups is 1. The molecule has 1 aromatic carbocycles. The number of rotatable bonds is 2. The van der Waals surface area contributed by atoms with Gasteiger partial charge in [0.25, 0.3) is 0 Å². The van der Waals surface area contributed by atoms with Gasteiger partial charge in [0, 0.05) is 4.90 Å². The van der Waals surface area contributed by atoms with E-state index in [0.717, 1.165) is 18.4 Å². The largest absolute Gasteiger partial charge is 0.206 e. The van der Waals surface area contributed by atoms with E-state index >= 15 is 0 Å². The summed E-state index contributed by atoms with van der Waals surface area (Å²) in [6.45, 7) is 2.08. The van der Waals surface area contributed by atoms with Gasteiger partial charge in [-0.1, -0.05) is 19.4 Å². The van der Waals surface area contributed by atoms with Crippen molar-refractivity contribution in [3.8, 4) is 0 Å². The molecular weight excluding hydrogens is 159 g/mol. The molecule has 2 heteroatoms. The highest BCUT2D eigenvalue weighted by Gasteiger charge is 1.97. The molecule has 0 atom stereocenters. The Labute approximate surface area is 71.8 Å². The molecule has 0 saturated carbocycles. The maximum absolute atomic E-state index is 12.8. The minimum atomic E-state index is -0.223. The smallest absolute Gasteiger partial charge is 0.136 e. The Hall–Kier alpha value is -0.500. The second kappa shape index (κ2) is 3.77. The molecule has 0 unspecified atom stereocenters. The first-order chi connectivity index (χ1) is 5.24. The molecule has 0 radical (unpaired) electrons. The fourth-order valence-electron chi connectivity index (χ4n) is 0.995. The average molecular weight is 170 g/mol. The van der Waals surface area contributed by atoms with Crippen LogP contribution in [0.25, 0.3) is 0 Å². The number of halogens is 1. The Balaban J connectivity index is 2.86. The molecule has 0 spiro atoms. The Bertz CT molecular complexity index is 245. The highest BCUT2D eigenvalue weighted by Crippen LogP contribution is 2.14.